The minimum absolute atomic E-state index is 0.0444. The maximum atomic E-state index is 12.4. The van der Waals surface area contributed by atoms with E-state index in [0.717, 1.165) is 11.3 Å². The molecule has 1 aromatic carbocycles. The summed E-state index contributed by atoms with van der Waals surface area (Å²) in [5, 5.41) is 12.1. The third-order valence-electron chi connectivity index (χ3n) is 4.58. The highest BCUT2D eigenvalue weighted by atomic mass is 35.5. The van der Waals surface area contributed by atoms with E-state index in [1.807, 2.05) is 26.0 Å². The lowest BCUT2D eigenvalue weighted by Gasteiger charge is -2.10. The van der Waals surface area contributed by atoms with Gasteiger partial charge in [0.05, 0.1) is 47.0 Å². The first-order valence-electron chi connectivity index (χ1n) is 8.99. The second-order valence-corrected chi connectivity index (χ2v) is 7.07. The van der Waals surface area contributed by atoms with E-state index in [0.29, 0.717) is 34.2 Å². The number of nitrogens with one attached hydrogen (secondary N) is 1. The van der Waals surface area contributed by atoms with Crippen LogP contribution in [0.1, 0.15) is 33.0 Å². The van der Waals surface area contributed by atoms with Gasteiger partial charge in [-0.3, -0.25) is 14.2 Å². The normalized spacial score (nSPS) is 10.8. The number of anilines is 1. The fourth-order valence-electron chi connectivity index (χ4n) is 3.06. The average molecular weight is 416 g/mol. The summed E-state index contributed by atoms with van der Waals surface area (Å²) >= 11 is 5.99. The second kappa shape index (κ2) is 8.48. The topological polar surface area (TPSA) is 91.0 Å². The Balaban J connectivity index is 1.78. The van der Waals surface area contributed by atoms with Crippen LogP contribution in [-0.2, 0) is 22.6 Å². The number of benzene rings is 1. The van der Waals surface area contributed by atoms with Gasteiger partial charge in [0.15, 0.2) is 0 Å². The van der Waals surface area contributed by atoms with Crippen LogP contribution >= 0.6 is 11.6 Å². The zero-order valence-electron chi connectivity index (χ0n) is 16.7. The molecule has 8 nitrogen and oxygen atoms in total. The van der Waals surface area contributed by atoms with Crippen LogP contribution < -0.4 is 5.32 Å². The van der Waals surface area contributed by atoms with E-state index in [1.165, 1.54) is 11.8 Å². The largest absolute Gasteiger partial charge is 0.465 e. The molecule has 0 spiro atoms. The summed E-state index contributed by atoms with van der Waals surface area (Å²) in [5.74, 6) is -0.631. The molecule has 29 heavy (non-hydrogen) atoms. The first-order valence-corrected chi connectivity index (χ1v) is 9.37. The zero-order valence-corrected chi connectivity index (χ0v) is 17.4. The van der Waals surface area contributed by atoms with Gasteiger partial charge in [0, 0.05) is 6.20 Å². The van der Waals surface area contributed by atoms with Crippen molar-refractivity contribution in [3.05, 3.63) is 63.7 Å². The van der Waals surface area contributed by atoms with Gasteiger partial charge >= 0.3 is 5.97 Å². The number of amides is 1. The van der Waals surface area contributed by atoms with Crippen LogP contribution in [0.3, 0.4) is 0 Å². The van der Waals surface area contributed by atoms with Crippen molar-refractivity contribution >= 4 is 29.2 Å². The smallest absolute Gasteiger partial charge is 0.338 e. The molecular weight excluding hydrogens is 394 g/mol. The molecule has 2 aromatic heterocycles. The van der Waals surface area contributed by atoms with Crippen molar-refractivity contribution in [1.82, 2.24) is 19.6 Å². The number of esters is 1. The molecule has 0 unspecified atom stereocenters. The molecule has 3 aromatic rings. The molecule has 0 aliphatic rings. The molecule has 0 bridgehead atoms. The van der Waals surface area contributed by atoms with Crippen LogP contribution in [0.15, 0.2) is 30.5 Å². The van der Waals surface area contributed by atoms with Crippen LogP contribution in [0.5, 0.6) is 0 Å². The number of aryl methyl sites for hydroxylation is 2. The molecule has 3 rings (SSSR count). The molecule has 0 atom stereocenters. The van der Waals surface area contributed by atoms with Crippen LogP contribution in [0, 0.1) is 20.8 Å². The Bertz CT molecular complexity index is 1050. The van der Waals surface area contributed by atoms with Gasteiger partial charge in [0.2, 0.25) is 5.91 Å². The molecule has 1 N–H and O–H groups in total. The lowest BCUT2D eigenvalue weighted by molar-refractivity contribution is -0.116. The highest BCUT2D eigenvalue weighted by Gasteiger charge is 2.17. The zero-order chi connectivity index (χ0) is 21.1. The quantitative estimate of drug-likeness (QED) is 0.624. The molecule has 152 valence electrons. The van der Waals surface area contributed by atoms with Crippen molar-refractivity contribution in [2.45, 2.75) is 33.9 Å². The van der Waals surface area contributed by atoms with Gasteiger partial charge in [-0.2, -0.15) is 10.2 Å². The summed E-state index contributed by atoms with van der Waals surface area (Å²) in [6.07, 6.45) is 1.61. The van der Waals surface area contributed by atoms with Crippen LogP contribution in [0.2, 0.25) is 5.02 Å². The minimum Gasteiger partial charge on any atom is -0.465 e. The summed E-state index contributed by atoms with van der Waals surface area (Å²) < 4.78 is 8.10. The van der Waals surface area contributed by atoms with Crippen molar-refractivity contribution < 1.29 is 14.3 Å². The molecular formula is C20H22ClN5O3. The Kier molecular flexibility index (Phi) is 6.03. The number of carbonyl (C=O) groups excluding carboxylic acids is 2. The summed E-state index contributed by atoms with van der Waals surface area (Å²) in [6.45, 7) is 5.89. The highest BCUT2D eigenvalue weighted by Crippen LogP contribution is 2.22. The predicted octanol–water partition coefficient (Wildman–Crippen LogP) is 3.13. The maximum absolute atomic E-state index is 12.4. The number of carbonyl (C=O) groups is 2. The van der Waals surface area contributed by atoms with Gasteiger partial charge in [0.25, 0.3) is 0 Å². The molecule has 0 aliphatic carbocycles. The SMILES string of the molecule is COC(=O)c1ccccc1Cn1nc(C)c(NC(=O)Cn2cc(Cl)c(C)n2)c1C. The molecule has 0 saturated carbocycles. The molecule has 0 fully saturated rings. The summed E-state index contributed by atoms with van der Waals surface area (Å²) in [7, 11) is 1.35. The van der Waals surface area contributed by atoms with E-state index in [9.17, 15) is 9.59 Å². The average Bonchev–Trinajstić information content (AvgIpc) is 3.14. The number of ether oxygens (including phenoxy) is 1. The van der Waals surface area contributed by atoms with Crippen molar-refractivity contribution in [2.24, 2.45) is 0 Å². The van der Waals surface area contributed by atoms with Gasteiger partial charge in [-0.05, 0) is 32.4 Å². The number of hydrogen-bond acceptors (Lipinski definition) is 5. The molecule has 1 amide bonds. The molecule has 0 radical (unpaired) electrons. The Morgan fingerprint density at radius 2 is 1.86 bits per heavy atom. The lowest BCUT2D eigenvalue weighted by atomic mass is 10.1. The van der Waals surface area contributed by atoms with Crippen molar-refractivity contribution in [3.8, 4) is 0 Å². The van der Waals surface area contributed by atoms with E-state index >= 15 is 0 Å². The number of nitrogens with zero attached hydrogens (tertiary/aromatic N) is 4. The molecule has 2 heterocycles. The van der Waals surface area contributed by atoms with Crippen LogP contribution in [-0.4, -0.2) is 38.5 Å². The second-order valence-electron chi connectivity index (χ2n) is 6.66. The van der Waals surface area contributed by atoms with Crippen molar-refractivity contribution in [1.29, 1.82) is 0 Å². The van der Waals surface area contributed by atoms with Gasteiger partial charge in [-0.1, -0.05) is 29.8 Å². The Morgan fingerprint density at radius 1 is 1.14 bits per heavy atom. The first kappa shape index (κ1) is 20.6. The van der Waals surface area contributed by atoms with E-state index < -0.39 is 5.97 Å². The van der Waals surface area contributed by atoms with Crippen LogP contribution in [0.4, 0.5) is 5.69 Å². The third kappa shape index (κ3) is 4.48. The number of methoxy groups -OCH3 is 1. The molecule has 9 heteroatoms. The lowest BCUT2D eigenvalue weighted by Crippen LogP contribution is -2.20. The number of rotatable bonds is 6. The third-order valence-corrected chi connectivity index (χ3v) is 4.95. The minimum atomic E-state index is -0.399. The van der Waals surface area contributed by atoms with Crippen molar-refractivity contribution in [3.63, 3.8) is 0 Å². The first-order chi connectivity index (χ1) is 13.8. The van der Waals surface area contributed by atoms with E-state index in [4.69, 9.17) is 16.3 Å². The van der Waals surface area contributed by atoms with Crippen molar-refractivity contribution in [2.75, 3.05) is 12.4 Å². The standard InChI is InChI=1S/C20H22ClN5O3/c1-12-17(21)10-25(23-12)11-18(27)22-19-13(2)24-26(14(19)3)9-15-7-5-6-8-16(15)20(28)29-4/h5-8,10H,9,11H2,1-4H3,(H,22,27). The Hall–Kier alpha value is -3.13. The molecule has 0 saturated heterocycles. The van der Waals surface area contributed by atoms with Gasteiger partial charge < -0.3 is 10.1 Å². The maximum Gasteiger partial charge on any atom is 0.338 e. The van der Waals surface area contributed by atoms with E-state index in [1.54, 1.807) is 29.9 Å². The van der Waals surface area contributed by atoms with Gasteiger partial charge in [0.1, 0.15) is 6.54 Å². The number of aromatic nitrogens is 4. The summed E-state index contributed by atoms with van der Waals surface area (Å²) in [4.78, 5) is 24.4. The Labute approximate surface area is 173 Å². The summed E-state index contributed by atoms with van der Waals surface area (Å²) in [6, 6.07) is 7.21. The number of halogens is 1. The van der Waals surface area contributed by atoms with Gasteiger partial charge in [-0.25, -0.2) is 4.79 Å². The fourth-order valence-corrected chi connectivity index (χ4v) is 3.21. The molecule has 0 aliphatic heterocycles. The summed E-state index contributed by atoms with van der Waals surface area (Å²) in [5.41, 5.74) is 4.04. The number of hydrogen-bond donors (Lipinski definition) is 1. The highest BCUT2D eigenvalue weighted by molar-refractivity contribution is 6.31. The van der Waals surface area contributed by atoms with Crippen LogP contribution in [0.25, 0.3) is 0 Å². The predicted molar refractivity (Wildman–Crippen MR) is 109 cm³/mol. The monoisotopic (exact) mass is 415 g/mol. The fraction of sp³-hybridized carbons (Fsp3) is 0.300. The van der Waals surface area contributed by atoms with Gasteiger partial charge in [-0.15, -0.1) is 0 Å². The van der Waals surface area contributed by atoms with E-state index in [2.05, 4.69) is 15.5 Å². The Morgan fingerprint density at radius 3 is 2.52 bits per heavy atom. The van der Waals surface area contributed by atoms with E-state index in [-0.39, 0.29) is 12.5 Å².